The molecule has 0 atom stereocenters. The SMILES string of the molecule is COCCNc1ccc(C(=O)Nc2ccccc2Oc2ccccc2Cl)cc1[N+](=O)[O-]. The summed E-state index contributed by atoms with van der Waals surface area (Å²) in [5.41, 5.74) is 0.638. The number of nitrogens with zero attached hydrogens (tertiary/aromatic N) is 1. The fourth-order valence-electron chi connectivity index (χ4n) is 2.76. The highest BCUT2D eigenvalue weighted by molar-refractivity contribution is 6.32. The maximum absolute atomic E-state index is 12.8. The summed E-state index contributed by atoms with van der Waals surface area (Å²) in [5.74, 6) is 0.311. The number of benzene rings is 3. The molecule has 160 valence electrons. The number of anilines is 2. The molecule has 2 N–H and O–H groups in total. The summed E-state index contributed by atoms with van der Waals surface area (Å²) in [6.45, 7) is 0.789. The predicted octanol–water partition coefficient (Wildman–Crippen LogP) is 5.35. The van der Waals surface area contributed by atoms with Crippen LogP contribution in [0.1, 0.15) is 10.4 Å². The Labute approximate surface area is 183 Å². The Morgan fingerprint density at radius 2 is 1.74 bits per heavy atom. The average Bonchev–Trinajstić information content (AvgIpc) is 2.76. The highest BCUT2D eigenvalue weighted by Gasteiger charge is 2.18. The number of rotatable bonds is 9. The number of hydrogen-bond donors (Lipinski definition) is 2. The molecule has 3 aromatic carbocycles. The molecule has 8 nitrogen and oxygen atoms in total. The van der Waals surface area contributed by atoms with Crippen LogP contribution < -0.4 is 15.4 Å². The lowest BCUT2D eigenvalue weighted by Crippen LogP contribution is -2.14. The molecule has 0 heterocycles. The minimum absolute atomic E-state index is 0.136. The van der Waals surface area contributed by atoms with Crippen LogP contribution in [0.15, 0.2) is 66.7 Å². The van der Waals surface area contributed by atoms with Crippen molar-refractivity contribution in [2.75, 3.05) is 30.9 Å². The highest BCUT2D eigenvalue weighted by Crippen LogP contribution is 2.34. The number of nitrogens with one attached hydrogen (secondary N) is 2. The first-order chi connectivity index (χ1) is 15.0. The maximum Gasteiger partial charge on any atom is 0.293 e. The molecule has 0 fully saturated rings. The number of ether oxygens (including phenoxy) is 2. The molecule has 0 bridgehead atoms. The standard InChI is InChI=1S/C22H20ClN3O5/c1-30-13-12-24-17-11-10-15(14-19(17)26(28)29)22(27)25-18-7-3-5-9-21(18)31-20-8-4-2-6-16(20)23/h2-11,14,24H,12-13H2,1H3,(H,25,27). The van der Waals surface area contributed by atoms with Gasteiger partial charge in [0, 0.05) is 25.3 Å². The van der Waals surface area contributed by atoms with E-state index in [9.17, 15) is 14.9 Å². The molecule has 0 saturated heterocycles. The first kappa shape index (κ1) is 22.1. The van der Waals surface area contributed by atoms with E-state index in [2.05, 4.69) is 10.6 Å². The molecular formula is C22H20ClN3O5. The monoisotopic (exact) mass is 441 g/mol. The van der Waals surface area contributed by atoms with Crippen molar-refractivity contribution in [2.24, 2.45) is 0 Å². The number of halogens is 1. The van der Waals surface area contributed by atoms with Crippen LogP contribution in [-0.4, -0.2) is 31.1 Å². The molecule has 0 aliphatic rings. The second-order valence-corrected chi connectivity index (χ2v) is 6.80. The van der Waals surface area contributed by atoms with Crippen molar-refractivity contribution in [1.82, 2.24) is 0 Å². The first-order valence-electron chi connectivity index (χ1n) is 9.33. The van der Waals surface area contributed by atoms with E-state index < -0.39 is 10.8 Å². The van der Waals surface area contributed by atoms with Crippen molar-refractivity contribution >= 4 is 34.6 Å². The third-order valence-electron chi connectivity index (χ3n) is 4.27. The summed E-state index contributed by atoms with van der Waals surface area (Å²) in [6, 6.07) is 18.0. The Kier molecular flexibility index (Phi) is 7.42. The first-order valence-corrected chi connectivity index (χ1v) is 9.71. The minimum atomic E-state index is -0.541. The number of carbonyl (C=O) groups excluding carboxylic acids is 1. The highest BCUT2D eigenvalue weighted by atomic mass is 35.5. The topological polar surface area (TPSA) is 103 Å². The van der Waals surface area contributed by atoms with Crippen LogP contribution in [0.25, 0.3) is 0 Å². The molecule has 0 unspecified atom stereocenters. The quantitative estimate of drug-likeness (QED) is 0.263. The largest absolute Gasteiger partial charge is 0.454 e. The molecule has 1 amide bonds. The van der Waals surface area contributed by atoms with E-state index in [4.69, 9.17) is 21.1 Å². The van der Waals surface area contributed by atoms with Gasteiger partial charge in [-0.1, -0.05) is 35.9 Å². The van der Waals surface area contributed by atoms with Crippen LogP contribution in [-0.2, 0) is 4.74 Å². The lowest BCUT2D eigenvalue weighted by atomic mass is 10.1. The van der Waals surface area contributed by atoms with Crippen molar-refractivity contribution in [2.45, 2.75) is 0 Å². The minimum Gasteiger partial charge on any atom is -0.454 e. The fraction of sp³-hybridized carbons (Fsp3) is 0.136. The maximum atomic E-state index is 12.8. The molecule has 9 heteroatoms. The second kappa shape index (κ2) is 10.4. The van der Waals surface area contributed by atoms with E-state index in [-0.39, 0.29) is 11.3 Å². The summed E-state index contributed by atoms with van der Waals surface area (Å²) in [5, 5.41) is 17.5. The number of hydrogen-bond acceptors (Lipinski definition) is 6. The van der Waals surface area contributed by atoms with Gasteiger partial charge in [-0.15, -0.1) is 0 Å². The number of carbonyl (C=O) groups is 1. The molecular weight excluding hydrogens is 422 g/mol. The van der Waals surface area contributed by atoms with E-state index in [1.165, 1.54) is 25.3 Å². The number of nitro benzene ring substituents is 1. The fourth-order valence-corrected chi connectivity index (χ4v) is 2.93. The Morgan fingerprint density at radius 3 is 2.45 bits per heavy atom. The van der Waals surface area contributed by atoms with E-state index in [1.54, 1.807) is 48.5 Å². The van der Waals surface area contributed by atoms with Crippen LogP contribution >= 0.6 is 11.6 Å². The lowest BCUT2D eigenvalue weighted by Gasteiger charge is -2.13. The van der Waals surface area contributed by atoms with Crippen LogP contribution in [0.2, 0.25) is 5.02 Å². The van der Waals surface area contributed by atoms with E-state index >= 15 is 0 Å². The van der Waals surface area contributed by atoms with E-state index in [1.807, 2.05) is 0 Å². The molecule has 0 spiro atoms. The number of nitro groups is 1. The molecule has 3 aromatic rings. The molecule has 0 aromatic heterocycles. The summed E-state index contributed by atoms with van der Waals surface area (Å²) < 4.78 is 10.8. The van der Waals surface area contributed by atoms with Gasteiger partial charge < -0.3 is 20.1 Å². The third kappa shape index (κ3) is 5.71. The molecule has 0 aliphatic heterocycles. The van der Waals surface area contributed by atoms with E-state index in [0.29, 0.717) is 41.0 Å². The van der Waals surface area contributed by atoms with Crippen LogP contribution in [0.3, 0.4) is 0 Å². The Balaban J connectivity index is 1.81. The van der Waals surface area contributed by atoms with Crippen LogP contribution in [0.5, 0.6) is 11.5 Å². The summed E-state index contributed by atoms with van der Waals surface area (Å²) in [6.07, 6.45) is 0. The lowest BCUT2D eigenvalue weighted by molar-refractivity contribution is -0.384. The van der Waals surface area contributed by atoms with Crippen LogP contribution in [0.4, 0.5) is 17.1 Å². The van der Waals surface area contributed by atoms with Crippen LogP contribution in [0, 0.1) is 10.1 Å². The molecule has 3 rings (SSSR count). The van der Waals surface area contributed by atoms with Crippen molar-refractivity contribution in [3.05, 3.63) is 87.4 Å². The molecule has 0 aliphatic carbocycles. The average molecular weight is 442 g/mol. The second-order valence-electron chi connectivity index (χ2n) is 6.39. The van der Waals surface area contributed by atoms with Crippen molar-refractivity contribution < 1.29 is 19.2 Å². The van der Waals surface area contributed by atoms with Gasteiger partial charge >= 0.3 is 0 Å². The van der Waals surface area contributed by atoms with Crippen molar-refractivity contribution in [3.8, 4) is 11.5 Å². The Hall–Kier alpha value is -3.62. The summed E-state index contributed by atoms with van der Waals surface area (Å²) in [4.78, 5) is 23.7. The zero-order valence-corrected chi connectivity index (χ0v) is 17.4. The summed E-state index contributed by atoms with van der Waals surface area (Å²) in [7, 11) is 1.54. The Bertz CT molecular complexity index is 1090. The van der Waals surface area contributed by atoms with Gasteiger partial charge in [0.25, 0.3) is 11.6 Å². The van der Waals surface area contributed by atoms with E-state index in [0.717, 1.165) is 0 Å². The van der Waals surface area contributed by atoms with Gasteiger partial charge in [-0.3, -0.25) is 14.9 Å². The Morgan fingerprint density at radius 1 is 1.03 bits per heavy atom. The molecule has 0 radical (unpaired) electrons. The zero-order chi connectivity index (χ0) is 22.2. The number of amides is 1. The van der Waals surface area contributed by atoms with Crippen molar-refractivity contribution in [3.63, 3.8) is 0 Å². The van der Waals surface area contributed by atoms with Gasteiger partial charge in [0.1, 0.15) is 11.4 Å². The van der Waals surface area contributed by atoms with Gasteiger partial charge in [0.15, 0.2) is 5.75 Å². The predicted molar refractivity (Wildman–Crippen MR) is 119 cm³/mol. The van der Waals surface area contributed by atoms with Gasteiger partial charge in [-0.25, -0.2) is 0 Å². The zero-order valence-electron chi connectivity index (χ0n) is 16.6. The smallest absolute Gasteiger partial charge is 0.293 e. The van der Waals surface area contributed by atoms with Gasteiger partial charge in [0.2, 0.25) is 0 Å². The third-order valence-corrected chi connectivity index (χ3v) is 4.58. The summed E-state index contributed by atoms with van der Waals surface area (Å²) >= 11 is 6.15. The normalized spacial score (nSPS) is 10.4. The molecule has 31 heavy (non-hydrogen) atoms. The molecule has 0 saturated carbocycles. The number of methoxy groups -OCH3 is 1. The van der Waals surface area contributed by atoms with Gasteiger partial charge in [-0.2, -0.15) is 0 Å². The van der Waals surface area contributed by atoms with Gasteiger partial charge in [-0.05, 0) is 36.4 Å². The van der Waals surface area contributed by atoms with Crippen molar-refractivity contribution in [1.29, 1.82) is 0 Å². The number of para-hydroxylation sites is 3. The van der Waals surface area contributed by atoms with Gasteiger partial charge in [0.05, 0.1) is 22.2 Å².